The molecule has 0 atom stereocenters. The van der Waals surface area contributed by atoms with Gasteiger partial charge in [-0.05, 0) is 42.3 Å². The molecule has 0 spiro atoms. The van der Waals surface area contributed by atoms with E-state index in [0.29, 0.717) is 12.3 Å². The predicted molar refractivity (Wildman–Crippen MR) is 72.8 cm³/mol. The molecule has 0 aliphatic carbocycles. The molecule has 1 amide bonds. The second kappa shape index (κ2) is 7.23. The minimum atomic E-state index is -0.335. The van der Waals surface area contributed by atoms with Crippen LogP contribution in [0.1, 0.15) is 5.56 Å². The first-order valence-electron chi connectivity index (χ1n) is 6.28. The fourth-order valence-corrected chi connectivity index (χ4v) is 1.62. The Bertz CT molecular complexity index is 544. The van der Waals surface area contributed by atoms with E-state index in [4.69, 9.17) is 4.74 Å². The topological polar surface area (TPSA) is 51.2 Å². The third-order valence-corrected chi connectivity index (χ3v) is 2.64. The van der Waals surface area contributed by atoms with Gasteiger partial charge in [-0.3, -0.25) is 9.78 Å². The summed E-state index contributed by atoms with van der Waals surface area (Å²) in [5, 5.41) is 2.75. The molecule has 0 unspecified atom stereocenters. The second-order valence-corrected chi connectivity index (χ2v) is 4.20. The lowest BCUT2D eigenvalue weighted by molar-refractivity contribution is -0.123. The molecule has 1 aromatic carbocycles. The van der Waals surface area contributed by atoms with E-state index in [-0.39, 0.29) is 18.3 Å². The Labute approximate surface area is 116 Å². The normalized spacial score (nSPS) is 10.1. The van der Waals surface area contributed by atoms with Gasteiger partial charge in [-0.25, -0.2) is 4.39 Å². The highest BCUT2D eigenvalue weighted by Crippen LogP contribution is 2.10. The van der Waals surface area contributed by atoms with E-state index < -0.39 is 0 Å². The third kappa shape index (κ3) is 4.68. The van der Waals surface area contributed by atoms with E-state index in [0.717, 1.165) is 12.0 Å². The number of aromatic nitrogens is 1. The van der Waals surface area contributed by atoms with E-state index in [2.05, 4.69) is 10.3 Å². The standard InChI is InChI=1S/C15H15FN2O2/c16-13-3-5-14(6-4-13)20-11-15(19)18-9-7-12-2-1-8-17-10-12/h1-6,8,10H,7,9,11H2,(H,18,19). The summed E-state index contributed by atoms with van der Waals surface area (Å²) in [6.45, 7) is 0.440. The summed E-state index contributed by atoms with van der Waals surface area (Å²) in [6, 6.07) is 9.35. The zero-order chi connectivity index (χ0) is 14.2. The van der Waals surface area contributed by atoms with Crippen LogP contribution in [-0.2, 0) is 11.2 Å². The summed E-state index contributed by atoms with van der Waals surface area (Å²) < 4.78 is 17.9. The van der Waals surface area contributed by atoms with Crippen molar-refractivity contribution in [1.29, 1.82) is 0 Å². The Morgan fingerprint density at radius 3 is 2.75 bits per heavy atom. The fraction of sp³-hybridized carbons (Fsp3) is 0.200. The summed E-state index contributed by atoms with van der Waals surface area (Å²) >= 11 is 0. The van der Waals surface area contributed by atoms with Crippen molar-refractivity contribution in [2.45, 2.75) is 6.42 Å². The molecule has 0 saturated heterocycles. The number of benzene rings is 1. The van der Waals surface area contributed by atoms with Crippen LogP contribution in [0.15, 0.2) is 48.8 Å². The van der Waals surface area contributed by atoms with E-state index in [1.165, 1.54) is 24.3 Å². The van der Waals surface area contributed by atoms with Gasteiger partial charge in [0.1, 0.15) is 11.6 Å². The molecule has 0 radical (unpaired) electrons. The first-order valence-corrected chi connectivity index (χ1v) is 6.28. The van der Waals surface area contributed by atoms with Crippen molar-refractivity contribution in [2.75, 3.05) is 13.2 Å². The van der Waals surface area contributed by atoms with Crippen molar-refractivity contribution in [3.05, 3.63) is 60.2 Å². The van der Waals surface area contributed by atoms with E-state index in [9.17, 15) is 9.18 Å². The predicted octanol–water partition coefficient (Wildman–Crippen LogP) is 1.96. The number of hydrogen-bond donors (Lipinski definition) is 1. The highest BCUT2D eigenvalue weighted by Gasteiger charge is 2.02. The lowest BCUT2D eigenvalue weighted by Crippen LogP contribution is -2.30. The second-order valence-electron chi connectivity index (χ2n) is 4.20. The third-order valence-electron chi connectivity index (χ3n) is 2.64. The molecule has 1 aromatic heterocycles. The maximum atomic E-state index is 12.7. The van der Waals surface area contributed by atoms with Crippen molar-refractivity contribution >= 4 is 5.91 Å². The lowest BCUT2D eigenvalue weighted by atomic mass is 10.2. The van der Waals surface area contributed by atoms with Crippen LogP contribution in [0.3, 0.4) is 0 Å². The molecule has 0 saturated carbocycles. The average Bonchev–Trinajstić information content (AvgIpc) is 2.48. The quantitative estimate of drug-likeness (QED) is 0.876. The minimum absolute atomic E-state index is 0.0847. The van der Waals surface area contributed by atoms with E-state index >= 15 is 0 Å². The molecule has 2 rings (SSSR count). The Morgan fingerprint density at radius 1 is 1.25 bits per heavy atom. The van der Waals surface area contributed by atoms with Gasteiger partial charge in [0.05, 0.1) is 0 Å². The van der Waals surface area contributed by atoms with Gasteiger partial charge in [-0.1, -0.05) is 6.07 Å². The molecule has 0 aliphatic heterocycles. The number of amides is 1. The molecular formula is C15H15FN2O2. The number of carbonyl (C=O) groups is 1. The van der Waals surface area contributed by atoms with Gasteiger partial charge in [0.25, 0.3) is 5.91 Å². The highest BCUT2D eigenvalue weighted by molar-refractivity contribution is 5.77. The SMILES string of the molecule is O=C(COc1ccc(F)cc1)NCCc1cccnc1. The van der Waals surface area contributed by atoms with Crippen molar-refractivity contribution in [3.8, 4) is 5.75 Å². The van der Waals surface area contributed by atoms with Gasteiger partial charge in [0.2, 0.25) is 0 Å². The van der Waals surface area contributed by atoms with Gasteiger partial charge in [0.15, 0.2) is 6.61 Å². The van der Waals surface area contributed by atoms with Crippen molar-refractivity contribution in [3.63, 3.8) is 0 Å². The minimum Gasteiger partial charge on any atom is -0.484 e. The Morgan fingerprint density at radius 2 is 2.05 bits per heavy atom. The molecule has 2 aromatic rings. The monoisotopic (exact) mass is 274 g/mol. The van der Waals surface area contributed by atoms with Crippen LogP contribution in [0.5, 0.6) is 5.75 Å². The van der Waals surface area contributed by atoms with Gasteiger partial charge in [-0.15, -0.1) is 0 Å². The molecule has 104 valence electrons. The van der Waals surface area contributed by atoms with E-state index in [1.54, 1.807) is 12.4 Å². The maximum Gasteiger partial charge on any atom is 0.257 e. The van der Waals surface area contributed by atoms with Crippen LogP contribution >= 0.6 is 0 Å². The van der Waals surface area contributed by atoms with Crippen molar-refractivity contribution in [1.82, 2.24) is 10.3 Å². The van der Waals surface area contributed by atoms with Crippen LogP contribution in [0, 0.1) is 5.82 Å². The number of nitrogens with zero attached hydrogens (tertiary/aromatic N) is 1. The van der Waals surface area contributed by atoms with Crippen LogP contribution in [0.2, 0.25) is 0 Å². The van der Waals surface area contributed by atoms with Gasteiger partial charge in [-0.2, -0.15) is 0 Å². The average molecular weight is 274 g/mol. The summed E-state index contributed by atoms with van der Waals surface area (Å²) in [4.78, 5) is 15.5. The summed E-state index contributed by atoms with van der Waals surface area (Å²) in [5.74, 6) is -0.0784. The first kappa shape index (κ1) is 14.0. The number of halogens is 1. The Hall–Kier alpha value is -2.43. The highest BCUT2D eigenvalue weighted by atomic mass is 19.1. The van der Waals surface area contributed by atoms with Gasteiger partial charge >= 0.3 is 0 Å². The molecule has 0 bridgehead atoms. The largest absolute Gasteiger partial charge is 0.484 e. The van der Waals surface area contributed by atoms with Crippen LogP contribution < -0.4 is 10.1 Å². The number of hydrogen-bond acceptors (Lipinski definition) is 3. The zero-order valence-corrected chi connectivity index (χ0v) is 10.9. The molecule has 0 fully saturated rings. The van der Waals surface area contributed by atoms with Gasteiger partial charge < -0.3 is 10.1 Å². The first-order chi connectivity index (χ1) is 9.74. The molecule has 20 heavy (non-hydrogen) atoms. The number of carbonyl (C=O) groups excluding carboxylic acids is 1. The fourth-order valence-electron chi connectivity index (χ4n) is 1.62. The lowest BCUT2D eigenvalue weighted by Gasteiger charge is -2.07. The zero-order valence-electron chi connectivity index (χ0n) is 10.9. The summed E-state index contributed by atoms with van der Waals surface area (Å²) in [7, 11) is 0. The van der Waals surface area contributed by atoms with Crippen molar-refractivity contribution < 1.29 is 13.9 Å². The number of rotatable bonds is 6. The Kier molecular flexibility index (Phi) is 5.06. The summed E-state index contributed by atoms with van der Waals surface area (Å²) in [5.41, 5.74) is 1.06. The molecule has 1 N–H and O–H groups in total. The summed E-state index contributed by atoms with van der Waals surface area (Å²) in [6.07, 6.45) is 4.19. The number of nitrogens with one attached hydrogen (secondary N) is 1. The van der Waals surface area contributed by atoms with Gasteiger partial charge in [0, 0.05) is 18.9 Å². The number of ether oxygens (including phenoxy) is 1. The molecule has 0 aliphatic rings. The van der Waals surface area contributed by atoms with Crippen LogP contribution in [0.25, 0.3) is 0 Å². The van der Waals surface area contributed by atoms with Crippen LogP contribution in [-0.4, -0.2) is 24.0 Å². The molecule has 4 nitrogen and oxygen atoms in total. The number of pyridine rings is 1. The molecule has 5 heteroatoms. The molecular weight excluding hydrogens is 259 g/mol. The maximum absolute atomic E-state index is 12.7. The Balaban J connectivity index is 1.67. The van der Waals surface area contributed by atoms with Crippen molar-refractivity contribution in [2.24, 2.45) is 0 Å². The molecule has 1 heterocycles. The smallest absolute Gasteiger partial charge is 0.257 e. The van der Waals surface area contributed by atoms with Crippen LogP contribution in [0.4, 0.5) is 4.39 Å². The van der Waals surface area contributed by atoms with E-state index in [1.807, 2.05) is 12.1 Å².